The molecule has 0 saturated heterocycles. The van der Waals surface area contributed by atoms with Gasteiger partial charge in [0.1, 0.15) is 5.82 Å². The molecular formula is C16H14N4S. The Labute approximate surface area is 128 Å². The fourth-order valence-corrected chi connectivity index (χ4v) is 2.27. The number of nitrogen functional groups attached to an aromatic ring is 1. The van der Waals surface area contributed by atoms with Crippen LogP contribution in [-0.2, 0) is 0 Å². The maximum absolute atomic E-state index is 6.01. The van der Waals surface area contributed by atoms with Crippen LogP contribution in [0, 0.1) is 0 Å². The number of benzene rings is 2. The highest BCUT2D eigenvalue weighted by molar-refractivity contribution is 7.80. The van der Waals surface area contributed by atoms with Crippen LogP contribution < -0.4 is 11.1 Å². The largest absolute Gasteiger partial charge is 0.383 e. The molecule has 0 unspecified atom stereocenters. The number of para-hydroxylation sites is 1. The summed E-state index contributed by atoms with van der Waals surface area (Å²) in [4.78, 5) is 0. The molecule has 0 radical (unpaired) electrons. The second-order valence-electron chi connectivity index (χ2n) is 4.53. The molecule has 0 aliphatic rings. The Morgan fingerprint density at radius 1 is 1.00 bits per heavy atom. The summed E-state index contributed by atoms with van der Waals surface area (Å²) in [6, 6.07) is 21.4. The second-order valence-corrected chi connectivity index (χ2v) is 4.92. The topological polar surface area (TPSA) is 55.9 Å². The highest BCUT2D eigenvalue weighted by atomic mass is 32.1. The molecule has 3 N–H and O–H groups in total. The third-order valence-corrected chi connectivity index (χ3v) is 3.30. The molecule has 0 bridgehead atoms. The van der Waals surface area contributed by atoms with Gasteiger partial charge in [-0.1, -0.05) is 48.5 Å². The van der Waals surface area contributed by atoms with Crippen LogP contribution in [-0.4, -0.2) is 14.9 Å². The van der Waals surface area contributed by atoms with Crippen molar-refractivity contribution in [1.29, 1.82) is 0 Å². The molecule has 104 valence electrons. The first kappa shape index (κ1) is 13.3. The number of thiocarbonyl (C=S) groups is 1. The Balaban J connectivity index is 1.86. The van der Waals surface area contributed by atoms with E-state index in [0.717, 1.165) is 16.9 Å². The van der Waals surface area contributed by atoms with Crippen LogP contribution in [0.1, 0.15) is 0 Å². The van der Waals surface area contributed by atoms with Crippen LogP contribution in [0.4, 0.5) is 11.5 Å². The lowest BCUT2D eigenvalue weighted by Gasteiger charge is -2.08. The summed E-state index contributed by atoms with van der Waals surface area (Å²) in [5.74, 6) is 0.502. The molecule has 0 amide bonds. The first-order valence-corrected chi connectivity index (χ1v) is 6.92. The van der Waals surface area contributed by atoms with Crippen molar-refractivity contribution in [2.75, 3.05) is 11.1 Å². The van der Waals surface area contributed by atoms with Gasteiger partial charge in [-0.25, -0.2) is 0 Å². The monoisotopic (exact) mass is 294 g/mol. The van der Waals surface area contributed by atoms with Crippen LogP contribution in [0.2, 0.25) is 0 Å². The van der Waals surface area contributed by atoms with Crippen LogP contribution in [0.3, 0.4) is 0 Å². The lowest BCUT2D eigenvalue weighted by Crippen LogP contribution is -2.21. The lowest BCUT2D eigenvalue weighted by molar-refractivity contribution is 0.961. The molecule has 1 heterocycles. The SMILES string of the molecule is Nc1cc(-c2ccccc2)nn1C(=S)Nc1ccccc1. The summed E-state index contributed by atoms with van der Waals surface area (Å²) in [6.45, 7) is 0. The van der Waals surface area contributed by atoms with Gasteiger partial charge in [-0.05, 0) is 24.4 Å². The van der Waals surface area contributed by atoms with Crippen molar-refractivity contribution < 1.29 is 0 Å². The summed E-state index contributed by atoms with van der Waals surface area (Å²) >= 11 is 5.36. The molecular weight excluding hydrogens is 280 g/mol. The van der Waals surface area contributed by atoms with Crippen molar-refractivity contribution in [2.24, 2.45) is 0 Å². The van der Waals surface area contributed by atoms with Gasteiger partial charge in [0.15, 0.2) is 5.11 Å². The molecule has 21 heavy (non-hydrogen) atoms. The van der Waals surface area contributed by atoms with Crippen molar-refractivity contribution in [2.45, 2.75) is 0 Å². The molecule has 0 aliphatic carbocycles. The van der Waals surface area contributed by atoms with E-state index < -0.39 is 0 Å². The van der Waals surface area contributed by atoms with Crippen molar-refractivity contribution >= 4 is 28.8 Å². The van der Waals surface area contributed by atoms with Crippen molar-refractivity contribution in [3.8, 4) is 11.3 Å². The summed E-state index contributed by atoms with van der Waals surface area (Å²) in [7, 11) is 0. The molecule has 4 nitrogen and oxygen atoms in total. The van der Waals surface area contributed by atoms with E-state index in [1.807, 2.05) is 66.7 Å². The number of nitrogens with one attached hydrogen (secondary N) is 1. The van der Waals surface area contributed by atoms with Crippen LogP contribution in [0.25, 0.3) is 11.3 Å². The van der Waals surface area contributed by atoms with E-state index in [-0.39, 0.29) is 0 Å². The van der Waals surface area contributed by atoms with Gasteiger partial charge < -0.3 is 11.1 Å². The highest BCUT2D eigenvalue weighted by Gasteiger charge is 2.10. The minimum Gasteiger partial charge on any atom is -0.383 e. The van der Waals surface area contributed by atoms with E-state index in [0.29, 0.717) is 10.9 Å². The Bertz CT molecular complexity index is 750. The number of hydrogen-bond acceptors (Lipinski definition) is 3. The molecule has 0 atom stereocenters. The van der Waals surface area contributed by atoms with Gasteiger partial charge >= 0.3 is 0 Å². The van der Waals surface area contributed by atoms with Gasteiger partial charge in [-0.2, -0.15) is 9.78 Å². The average molecular weight is 294 g/mol. The van der Waals surface area contributed by atoms with E-state index >= 15 is 0 Å². The molecule has 2 aromatic carbocycles. The van der Waals surface area contributed by atoms with Crippen LogP contribution in [0.5, 0.6) is 0 Å². The zero-order valence-electron chi connectivity index (χ0n) is 11.2. The van der Waals surface area contributed by atoms with E-state index in [1.54, 1.807) is 0 Å². The maximum atomic E-state index is 6.01. The third kappa shape index (κ3) is 2.93. The van der Waals surface area contributed by atoms with Gasteiger partial charge in [-0.15, -0.1) is 0 Å². The minimum atomic E-state index is 0.445. The zero-order valence-corrected chi connectivity index (χ0v) is 12.0. The van der Waals surface area contributed by atoms with E-state index in [4.69, 9.17) is 18.0 Å². The number of aromatic nitrogens is 2. The van der Waals surface area contributed by atoms with Gasteiger partial charge in [0.25, 0.3) is 0 Å². The van der Waals surface area contributed by atoms with Crippen LogP contribution in [0.15, 0.2) is 66.7 Å². The predicted octanol–water partition coefficient (Wildman–Crippen LogP) is 3.38. The number of nitrogens with two attached hydrogens (primary N) is 1. The lowest BCUT2D eigenvalue weighted by atomic mass is 10.2. The maximum Gasteiger partial charge on any atom is 0.200 e. The Morgan fingerprint density at radius 2 is 1.62 bits per heavy atom. The van der Waals surface area contributed by atoms with Crippen molar-refractivity contribution in [3.05, 3.63) is 66.7 Å². The second kappa shape index (κ2) is 5.76. The van der Waals surface area contributed by atoms with Crippen molar-refractivity contribution in [1.82, 2.24) is 9.78 Å². The molecule has 5 heteroatoms. The summed E-state index contributed by atoms with van der Waals surface area (Å²) in [6.07, 6.45) is 0. The van der Waals surface area contributed by atoms with Gasteiger partial charge in [0.2, 0.25) is 0 Å². The fourth-order valence-electron chi connectivity index (χ4n) is 2.01. The zero-order chi connectivity index (χ0) is 14.7. The Morgan fingerprint density at radius 3 is 2.29 bits per heavy atom. The van der Waals surface area contributed by atoms with Gasteiger partial charge in [-0.3, -0.25) is 0 Å². The number of anilines is 2. The quantitative estimate of drug-likeness (QED) is 0.711. The van der Waals surface area contributed by atoms with Crippen LogP contribution >= 0.6 is 12.2 Å². The standard InChI is InChI=1S/C16H14N4S/c17-15-11-14(12-7-3-1-4-8-12)19-20(15)16(21)18-13-9-5-2-6-10-13/h1-11H,17H2,(H,18,21). The first-order chi connectivity index (χ1) is 10.2. The number of rotatable bonds is 2. The van der Waals surface area contributed by atoms with Gasteiger partial charge in [0.05, 0.1) is 5.69 Å². The Hall–Kier alpha value is -2.66. The van der Waals surface area contributed by atoms with E-state index in [2.05, 4.69) is 10.4 Å². The average Bonchev–Trinajstić information content (AvgIpc) is 2.91. The number of hydrogen-bond donors (Lipinski definition) is 2. The summed E-state index contributed by atoms with van der Waals surface area (Å²) < 4.78 is 1.53. The van der Waals surface area contributed by atoms with Crippen molar-refractivity contribution in [3.63, 3.8) is 0 Å². The fraction of sp³-hybridized carbons (Fsp3) is 0. The highest BCUT2D eigenvalue weighted by Crippen LogP contribution is 2.20. The third-order valence-electron chi connectivity index (χ3n) is 3.02. The Kier molecular flexibility index (Phi) is 3.66. The molecule has 0 aliphatic heterocycles. The molecule has 3 rings (SSSR count). The molecule has 1 aromatic heterocycles. The first-order valence-electron chi connectivity index (χ1n) is 6.51. The normalized spacial score (nSPS) is 10.3. The molecule has 0 saturated carbocycles. The number of nitrogens with zero attached hydrogens (tertiary/aromatic N) is 2. The minimum absolute atomic E-state index is 0.445. The summed E-state index contributed by atoms with van der Waals surface area (Å²) in [5, 5.41) is 8.03. The molecule has 0 fully saturated rings. The molecule has 3 aromatic rings. The smallest absolute Gasteiger partial charge is 0.200 e. The summed E-state index contributed by atoms with van der Waals surface area (Å²) in [5.41, 5.74) is 8.71. The predicted molar refractivity (Wildman–Crippen MR) is 90.1 cm³/mol. The van der Waals surface area contributed by atoms with Gasteiger partial charge in [0, 0.05) is 17.3 Å². The van der Waals surface area contributed by atoms with E-state index in [1.165, 1.54) is 4.68 Å². The van der Waals surface area contributed by atoms with E-state index in [9.17, 15) is 0 Å². The molecule has 0 spiro atoms.